The van der Waals surface area contributed by atoms with Crippen molar-refractivity contribution in [2.24, 2.45) is 0 Å². The van der Waals surface area contributed by atoms with Crippen molar-refractivity contribution in [3.8, 4) is 0 Å². The number of hydrogen-bond acceptors (Lipinski definition) is 2. The van der Waals surface area contributed by atoms with Crippen LogP contribution in [-0.2, 0) is 4.79 Å². The third-order valence-corrected chi connectivity index (χ3v) is 3.48. The van der Waals surface area contributed by atoms with Crippen molar-refractivity contribution in [3.63, 3.8) is 0 Å². The molecule has 1 aliphatic heterocycles. The average molecular weight is 298 g/mol. The minimum atomic E-state index is -0.887. The van der Waals surface area contributed by atoms with Crippen molar-refractivity contribution in [1.82, 2.24) is 4.90 Å². The van der Waals surface area contributed by atoms with Gasteiger partial charge in [0.05, 0.1) is 12.5 Å². The lowest BCUT2D eigenvalue weighted by Gasteiger charge is -2.20. The van der Waals surface area contributed by atoms with Gasteiger partial charge in [-0.1, -0.05) is 22.0 Å². The SMILES string of the molecule is CC1c2ccc(Br)cc2C(=O)N1CCC(=O)O. The second-order valence-corrected chi connectivity index (χ2v) is 4.97. The number of hydrogen-bond donors (Lipinski definition) is 1. The molecule has 4 nitrogen and oxygen atoms in total. The Morgan fingerprint density at radius 3 is 2.88 bits per heavy atom. The number of benzene rings is 1. The van der Waals surface area contributed by atoms with Crippen LogP contribution >= 0.6 is 15.9 Å². The Hall–Kier alpha value is -1.36. The van der Waals surface area contributed by atoms with Crippen molar-refractivity contribution in [1.29, 1.82) is 0 Å². The molecule has 1 N–H and O–H groups in total. The van der Waals surface area contributed by atoms with Crippen molar-refractivity contribution in [2.45, 2.75) is 19.4 Å². The van der Waals surface area contributed by atoms with Gasteiger partial charge in [-0.3, -0.25) is 9.59 Å². The van der Waals surface area contributed by atoms with Gasteiger partial charge in [-0.05, 0) is 24.6 Å². The zero-order chi connectivity index (χ0) is 12.6. The molecular formula is C12H12BrNO3. The van der Waals surface area contributed by atoms with Gasteiger partial charge in [0.1, 0.15) is 0 Å². The van der Waals surface area contributed by atoms with Crippen molar-refractivity contribution in [2.75, 3.05) is 6.54 Å². The highest BCUT2D eigenvalue weighted by molar-refractivity contribution is 9.10. The molecule has 1 aliphatic rings. The van der Waals surface area contributed by atoms with E-state index in [1.807, 2.05) is 19.1 Å². The van der Waals surface area contributed by atoms with Gasteiger partial charge in [0.15, 0.2) is 0 Å². The van der Waals surface area contributed by atoms with E-state index in [1.54, 1.807) is 11.0 Å². The summed E-state index contributed by atoms with van der Waals surface area (Å²) in [6, 6.07) is 5.53. The summed E-state index contributed by atoms with van der Waals surface area (Å²) in [6.07, 6.45) is -0.0226. The minimum Gasteiger partial charge on any atom is -0.481 e. The monoisotopic (exact) mass is 297 g/mol. The number of nitrogens with zero attached hydrogens (tertiary/aromatic N) is 1. The summed E-state index contributed by atoms with van der Waals surface area (Å²) in [5.41, 5.74) is 1.63. The molecule has 0 saturated heterocycles. The molecule has 1 heterocycles. The molecule has 1 aromatic rings. The summed E-state index contributed by atoms with van der Waals surface area (Å²) >= 11 is 3.33. The molecule has 0 saturated carbocycles. The van der Waals surface area contributed by atoms with Crippen LogP contribution in [0.15, 0.2) is 22.7 Å². The summed E-state index contributed by atoms with van der Waals surface area (Å²) in [7, 11) is 0. The Morgan fingerprint density at radius 1 is 1.53 bits per heavy atom. The van der Waals surface area contributed by atoms with Gasteiger partial charge in [0.25, 0.3) is 5.91 Å². The van der Waals surface area contributed by atoms with Gasteiger partial charge in [0, 0.05) is 16.6 Å². The van der Waals surface area contributed by atoms with Crippen LogP contribution in [0.25, 0.3) is 0 Å². The highest BCUT2D eigenvalue weighted by atomic mass is 79.9. The fourth-order valence-corrected chi connectivity index (χ4v) is 2.45. The van der Waals surface area contributed by atoms with E-state index in [9.17, 15) is 9.59 Å². The summed E-state index contributed by atoms with van der Waals surface area (Å²) < 4.78 is 0.858. The molecule has 0 fully saturated rings. The summed E-state index contributed by atoms with van der Waals surface area (Å²) in [5.74, 6) is -0.975. The van der Waals surface area contributed by atoms with Crippen LogP contribution in [0.1, 0.15) is 35.3 Å². The summed E-state index contributed by atoms with van der Waals surface area (Å²) in [5, 5.41) is 8.66. The standard InChI is InChI=1S/C12H12BrNO3/c1-7-9-3-2-8(13)6-10(9)12(17)14(7)5-4-11(15)16/h2-3,6-7H,4-5H2,1H3,(H,15,16). The predicted octanol–water partition coefficient (Wildman–Crippen LogP) is 2.44. The van der Waals surface area contributed by atoms with Gasteiger partial charge in [-0.2, -0.15) is 0 Å². The van der Waals surface area contributed by atoms with Gasteiger partial charge in [-0.15, -0.1) is 0 Å². The third kappa shape index (κ3) is 2.20. The van der Waals surface area contributed by atoms with E-state index < -0.39 is 5.97 Å². The van der Waals surface area contributed by atoms with Gasteiger partial charge >= 0.3 is 5.97 Å². The van der Waals surface area contributed by atoms with E-state index in [4.69, 9.17) is 5.11 Å². The molecule has 0 aliphatic carbocycles. The highest BCUT2D eigenvalue weighted by Crippen LogP contribution is 2.34. The zero-order valence-corrected chi connectivity index (χ0v) is 10.9. The maximum absolute atomic E-state index is 12.1. The summed E-state index contributed by atoms with van der Waals surface area (Å²) in [6.45, 7) is 2.17. The maximum Gasteiger partial charge on any atom is 0.305 e. The number of halogens is 1. The fourth-order valence-electron chi connectivity index (χ4n) is 2.09. The molecule has 0 aromatic heterocycles. The normalized spacial score (nSPS) is 18.4. The molecule has 0 radical (unpaired) electrons. The smallest absolute Gasteiger partial charge is 0.305 e. The number of carbonyl (C=O) groups excluding carboxylic acids is 1. The Balaban J connectivity index is 2.26. The van der Waals surface area contributed by atoms with Crippen LogP contribution in [0.5, 0.6) is 0 Å². The molecule has 0 bridgehead atoms. The fraction of sp³-hybridized carbons (Fsp3) is 0.333. The predicted molar refractivity (Wildman–Crippen MR) is 65.8 cm³/mol. The average Bonchev–Trinajstić information content (AvgIpc) is 2.49. The van der Waals surface area contributed by atoms with E-state index >= 15 is 0 Å². The second kappa shape index (κ2) is 4.49. The van der Waals surface area contributed by atoms with E-state index in [0.717, 1.165) is 10.0 Å². The first kappa shape index (κ1) is 12.1. The minimum absolute atomic E-state index is 0.0226. The first-order chi connectivity index (χ1) is 8.00. The lowest BCUT2D eigenvalue weighted by Crippen LogP contribution is -2.29. The number of fused-ring (bicyclic) bond motifs is 1. The first-order valence-electron chi connectivity index (χ1n) is 5.33. The van der Waals surface area contributed by atoms with E-state index in [2.05, 4.69) is 15.9 Å². The van der Waals surface area contributed by atoms with Crippen molar-refractivity contribution < 1.29 is 14.7 Å². The third-order valence-electron chi connectivity index (χ3n) is 2.99. The number of carboxylic acid groups (broad SMARTS) is 1. The number of carboxylic acids is 1. The first-order valence-corrected chi connectivity index (χ1v) is 6.12. The van der Waals surface area contributed by atoms with Gasteiger partial charge < -0.3 is 10.0 Å². The molecule has 1 atom stereocenters. The quantitative estimate of drug-likeness (QED) is 0.932. The molecular weight excluding hydrogens is 286 g/mol. The van der Waals surface area contributed by atoms with Crippen LogP contribution in [0.4, 0.5) is 0 Å². The van der Waals surface area contributed by atoms with Crippen LogP contribution < -0.4 is 0 Å². The second-order valence-electron chi connectivity index (χ2n) is 4.05. The van der Waals surface area contributed by atoms with Crippen LogP contribution in [-0.4, -0.2) is 28.4 Å². The molecule has 90 valence electrons. The van der Waals surface area contributed by atoms with Crippen LogP contribution in [0.3, 0.4) is 0 Å². The van der Waals surface area contributed by atoms with Gasteiger partial charge in [0.2, 0.25) is 0 Å². The Labute approximate surface area is 107 Å². The molecule has 1 amide bonds. The number of aliphatic carboxylic acids is 1. The van der Waals surface area contributed by atoms with E-state index in [-0.39, 0.29) is 24.9 Å². The van der Waals surface area contributed by atoms with Crippen molar-refractivity contribution >= 4 is 27.8 Å². The number of rotatable bonds is 3. The largest absolute Gasteiger partial charge is 0.481 e. The Bertz CT molecular complexity index is 487. The van der Waals surface area contributed by atoms with E-state index in [1.165, 1.54) is 0 Å². The molecule has 5 heteroatoms. The topological polar surface area (TPSA) is 57.6 Å². The molecule has 17 heavy (non-hydrogen) atoms. The zero-order valence-electron chi connectivity index (χ0n) is 9.31. The maximum atomic E-state index is 12.1. The molecule has 1 aromatic carbocycles. The number of carbonyl (C=O) groups is 2. The van der Waals surface area contributed by atoms with Crippen LogP contribution in [0.2, 0.25) is 0 Å². The molecule has 1 unspecified atom stereocenters. The Kier molecular flexibility index (Phi) is 3.19. The van der Waals surface area contributed by atoms with Gasteiger partial charge in [-0.25, -0.2) is 0 Å². The highest BCUT2D eigenvalue weighted by Gasteiger charge is 2.33. The van der Waals surface area contributed by atoms with E-state index in [0.29, 0.717) is 5.56 Å². The molecule has 2 rings (SSSR count). The summed E-state index contributed by atoms with van der Waals surface area (Å²) in [4.78, 5) is 24.2. The Morgan fingerprint density at radius 2 is 2.24 bits per heavy atom. The van der Waals surface area contributed by atoms with Crippen LogP contribution in [0, 0.1) is 0 Å². The molecule has 0 spiro atoms. The number of amides is 1. The lowest BCUT2D eigenvalue weighted by atomic mass is 10.1. The lowest BCUT2D eigenvalue weighted by molar-refractivity contribution is -0.137. The van der Waals surface area contributed by atoms with Crippen molar-refractivity contribution in [3.05, 3.63) is 33.8 Å².